The lowest BCUT2D eigenvalue weighted by atomic mass is 9.82. The van der Waals surface area contributed by atoms with Gasteiger partial charge in [-0.25, -0.2) is 4.39 Å². The lowest BCUT2D eigenvalue weighted by Gasteiger charge is -2.35. The molecule has 4 nitrogen and oxygen atoms in total. The van der Waals surface area contributed by atoms with E-state index in [0.29, 0.717) is 29.4 Å². The van der Waals surface area contributed by atoms with Crippen LogP contribution >= 0.6 is 0 Å². The summed E-state index contributed by atoms with van der Waals surface area (Å²) < 4.78 is 55.7. The molecule has 1 aliphatic rings. The number of aromatic nitrogens is 1. The molecule has 31 heavy (non-hydrogen) atoms. The van der Waals surface area contributed by atoms with Crippen molar-refractivity contribution in [3.8, 4) is 5.75 Å². The Hall–Kier alpha value is -2.87. The highest BCUT2D eigenvalue weighted by Crippen LogP contribution is 2.57. The third-order valence-electron chi connectivity index (χ3n) is 5.98. The van der Waals surface area contributed by atoms with Crippen molar-refractivity contribution >= 4 is 16.6 Å². The fourth-order valence-electron chi connectivity index (χ4n) is 4.10. The van der Waals surface area contributed by atoms with Crippen molar-refractivity contribution in [1.82, 2.24) is 4.98 Å². The van der Waals surface area contributed by atoms with Crippen LogP contribution in [0.2, 0.25) is 0 Å². The van der Waals surface area contributed by atoms with Gasteiger partial charge in [-0.3, -0.25) is 4.98 Å². The summed E-state index contributed by atoms with van der Waals surface area (Å²) in [6.07, 6.45) is -4.98. The minimum Gasteiger partial charge on any atom is -0.508 e. The third kappa shape index (κ3) is 4.04. The number of hydrogen-bond acceptors (Lipinski definition) is 4. The number of halogens is 4. The molecule has 1 fully saturated rings. The van der Waals surface area contributed by atoms with E-state index in [9.17, 15) is 27.8 Å². The SMILES string of the molecule is Cc1ccc2c(NCC(O)(CC3(c4cc(F)ccc4O)CC3)C(F)(F)F)cccc2n1. The Bertz CT molecular complexity index is 1130. The first-order valence-electron chi connectivity index (χ1n) is 9.91. The van der Waals surface area contributed by atoms with Crippen LogP contribution in [0.4, 0.5) is 23.2 Å². The summed E-state index contributed by atoms with van der Waals surface area (Å²) in [4.78, 5) is 4.37. The molecule has 1 saturated carbocycles. The topological polar surface area (TPSA) is 65.4 Å². The van der Waals surface area contributed by atoms with E-state index < -0.39 is 36.0 Å². The number of nitrogens with zero attached hydrogens (tertiary/aromatic N) is 1. The largest absolute Gasteiger partial charge is 0.508 e. The maximum Gasteiger partial charge on any atom is 0.418 e. The number of aliphatic hydroxyl groups is 1. The van der Waals surface area contributed by atoms with Gasteiger partial charge in [0.1, 0.15) is 11.6 Å². The third-order valence-corrected chi connectivity index (χ3v) is 5.98. The van der Waals surface area contributed by atoms with E-state index in [1.54, 1.807) is 30.3 Å². The highest BCUT2D eigenvalue weighted by molar-refractivity contribution is 5.91. The number of nitrogens with one attached hydrogen (secondary N) is 1. The van der Waals surface area contributed by atoms with Gasteiger partial charge in [0.25, 0.3) is 0 Å². The summed E-state index contributed by atoms with van der Waals surface area (Å²) >= 11 is 0. The van der Waals surface area contributed by atoms with Crippen molar-refractivity contribution in [3.05, 3.63) is 65.6 Å². The van der Waals surface area contributed by atoms with Crippen LogP contribution in [0.15, 0.2) is 48.5 Å². The van der Waals surface area contributed by atoms with Crippen molar-refractivity contribution in [3.63, 3.8) is 0 Å². The van der Waals surface area contributed by atoms with Gasteiger partial charge in [0.2, 0.25) is 0 Å². The van der Waals surface area contributed by atoms with E-state index in [4.69, 9.17) is 0 Å². The molecule has 1 aliphatic carbocycles. The van der Waals surface area contributed by atoms with Crippen molar-refractivity contribution in [2.24, 2.45) is 0 Å². The number of aromatic hydroxyl groups is 1. The van der Waals surface area contributed by atoms with Crippen LogP contribution < -0.4 is 5.32 Å². The number of rotatable bonds is 6. The first-order chi connectivity index (χ1) is 14.5. The Morgan fingerprint density at radius 2 is 1.84 bits per heavy atom. The van der Waals surface area contributed by atoms with Gasteiger partial charge < -0.3 is 15.5 Å². The molecule has 0 saturated heterocycles. The van der Waals surface area contributed by atoms with Gasteiger partial charge >= 0.3 is 6.18 Å². The average Bonchev–Trinajstić information content (AvgIpc) is 3.47. The van der Waals surface area contributed by atoms with Crippen molar-refractivity contribution < 1.29 is 27.8 Å². The molecule has 1 unspecified atom stereocenters. The number of hydrogen-bond donors (Lipinski definition) is 3. The normalized spacial score (nSPS) is 17.4. The second-order valence-electron chi connectivity index (χ2n) is 8.33. The molecule has 0 bridgehead atoms. The molecule has 3 N–H and O–H groups in total. The Morgan fingerprint density at radius 3 is 2.52 bits per heavy atom. The highest BCUT2D eigenvalue weighted by Gasteiger charge is 2.61. The van der Waals surface area contributed by atoms with Gasteiger partial charge in [0, 0.05) is 27.7 Å². The number of phenolic OH excluding ortho intramolecular Hbond substituents is 1. The quantitative estimate of drug-likeness (QED) is 0.466. The van der Waals surface area contributed by atoms with Crippen LogP contribution in [-0.4, -0.2) is 33.5 Å². The molecule has 1 aromatic heterocycles. The number of pyridine rings is 1. The monoisotopic (exact) mass is 434 g/mol. The first-order valence-corrected chi connectivity index (χ1v) is 9.91. The van der Waals surface area contributed by atoms with E-state index >= 15 is 0 Å². The molecule has 0 spiro atoms. The van der Waals surface area contributed by atoms with Crippen LogP contribution in [0, 0.1) is 12.7 Å². The molecule has 2 aromatic carbocycles. The van der Waals surface area contributed by atoms with Crippen LogP contribution in [0.25, 0.3) is 10.9 Å². The number of alkyl halides is 3. The maximum absolute atomic E-state index is 14.0. The molecular weight excluding hydrogens is 412 g/mol. The molecule has 0 aliphatic heterocycles. The van der Waals surface area contributed by atoms with E-state index in [2.05, 4.69) is 10.3 Å². The van der Waals surface area contributed by atoms with Crippen LogP contribution in [0.3, 0.4) is 0 Å². The summed E-state index contributed by atoms with van der Waals surface area (Å²) in [5, 5.41) is 24.2. The molecular formula is C23H22F4N2O2. The Balaban J connectivity index is 1.63. The molecule has 1 atom stereocenters. The van der Waals surface area contributed by atoms with E-state index in [1.165, 1.54) is 0 Å². The van der Waals surface area contributed by atoms with E-state index in [0.717, 1.165) is 23.9 Å². The van der Waals surface area contributed by atoms with Gasteiger partial charge in [0.15, 0.2) is 5.60 Å². The molecule has 3 aromatic rings. The maximum atomic E-state index is 14.0. The number of benzene rings is 2. The summed E-state index contributed by atoms with van der Waals surface area (Å²) in [7, 11) is 0. The fourth-order valence-corrected chi connectivity index (χ4v) is 4.10. The summed E-state index contributed by atoms with van der Waals surface area (Å²) in [6.45, 7) is 1.03. The van der Waals surface area contributed by atoms with Gasteiger partial charge in [-0.2, -0.15) is 13.2 Å². The van der Waals surface area contributed by atoms with Gasteiger partial charge in [0.05, 0.1) is 12.1 Å². The van der Waals surface area contributed by atoms with Crippen LogP contribution in [0.5, 0.6) is 5.75 Å². The first kappa shape index (κ1) is 21.4. The van der Waals surface area contributed by atoms with Crippen molar-refractivity contribution in [2.75, 3.05) is 11.9 Å². The Labute approximate surface area is 176 Å². The minimum absolute atomic E-state index is 0.0972. The minimum atomic E-state index is -4.93. The molecule has 0 amide bonds. The zero-order chi connectivity index (χ0) is 22.4. The predicted molar refractivity (Wildman–Crippen MR) is 110 cm³/mol. The highest BCUT2D eigenvalue weighted by atomic mass is 19.4. The van der Waals surface area contributed by atoms with Crippen LogP contribution in [-0.2, 0) is 5.41 Å². The van der Waals surface area contributed by atoms with Crippen molar-refractivity contribution in [2.45, 2.75) is 43.4 Å². The van der Waals surface area contributed by atoms with E-state index in [1.807, 2.05) is 6.92 Å². The summed E-state index contributed by atoms with van der Waals surface area (Å²) in [5.41, 5.74) is -2.28. The standard InChI is InChI=1S/C23H22F4N2O2/c1-14-5-7-16-18(3-2-4-19(16)29-14)28-13-22(31,23(25,26)27)12-21(9-10-21)17-11-15(24)6-8-20(17)30/h2-8,11,28,30-31H,9-10,12-13H2,1H3. The molecule has 4 rings (SSSR count). The Morgan fingerprint density at radius 1 is 1.10 bits per heavy atom. The number of phenols is 1. The van der Waals surface area contributed by atoms with Gasteiger partial charge in [-0.1, -0.05) is 6.07 Å². The van der Waals surface area contributed by atoms with Gasteiger partial charge in [-0.05, 0) is 68.7 Å². The Kier molecular flexibility index (Phi) is 5.08. The lowest BCUT2D eigenvalue weighted by Crippen LogP contribution is -2.52. The number of fused-ring (bicyclic) bond motifs is 1. The average molecular weight is 434 g/mol. The number of anilines is 1. The second kappa shape index (κ2) is 7.37. The van der Waals surface area contributed by atoms with Gasteiger partial charge in [-0.15, -0.1) is 0 Å². The van der Waals surface area contributed by atoms with E-state index in [-0.39, 0.29) is 11.3 Å². The molecule has 0 radical (unpaired) electrons. The zero-order valence-corrected chi connectivity index (χ0v) is 16.8. The summed E-state index contributed by atoms with van der Waals surface area (Å²) in [6, 6.07) is 11.8. The van der Waals surface area contributed by atoms with Crippen LogP contribution in [0.1, 0.15) is 30.5 Å². The molecule has 1 heterocycles. The molecule has 164 valence electrons. The smallest absolute Gasteiger partial charge is 0.418 e. The second-order valence-corrected chi connectivity index (χ2v) is 8.33. The predicted octanol–water partition coefficient (Wildman–Crippen LogP) is 5.22. The lowest BCUT2D eigenvalue weighted by molar-refractivity contribution is -0.259. The fraction of sp³-hybridized carbons (Fsp3) is 0.348. The molecule has 8 heteroatoms. The number of aryl methyl sites for hydroxylation is 1. The summed E-state index contributed by atoms with van der Waals surface area (Å²) in [5.74, 6) is -0.918. The zero-order valence-electron chi connectivity index (χ0n) is 16.8. The van der Waals surface area contributed by atoms with Crippen molar-refractivity contribution in [1.29, 1.82) is 0 Å².